The molecule has 3 aromatic rings. The minimum absolute atomic E-state index is 0.217. The van der Waals surface area contributed by atoms with Gasteiger partial charge >= 0.3 is 0 Å². The molecule has 1 aliphatic heterocycles. The first-order chi connectivity index (χ1) is 13.7. The van der Waals surface area contributed by atoms with E-state index >= 15 is 0 Å². The molecule has 1 fully saturated rings. The van der Waals surface area contributed by atoms with Crippen LogP contribution in [0.5, 0.6) is 0 Å². The van der Waals surface area contributed by atoms with Crippen LogP contribution in [-0.2, 0) is 0 Å². The van der Waals surface area contributed by atoms with Crippen LogP contribution in [0.2, 0.25) is 0 Å². The van der Waals surface area contributed by atoms with Crippen LogP contribution in [0.25, 0.3) is 0 Å². The second-order valence-corrected chi connectivity index (χ2v) is 6.53. The lowest BCUT2D eigenvalue weighted by Gasteiger charge is -2.36. The molecule has 0 spiro atoms. The summed E-state index contributed by atoms with van der Waals surface area (Å²) in [5.41, 5.74) is 2.52. The Kier molecular flexibility index (Phi) is 5.02. The molecular weight excluding hydrogens is 355 g/mol. The molecule has 0 bridgehead atoms. The highest BCUT2D eigenvalue weighted by Gasteiger charge is 2.19. The van der Waals surface area contributed by atoms with Gasteiger partial charge in [-0.2, -0.15) is 5.26 Å². The van der Waals surface area contributed by atoms with Crippen LogP contribution in [0.4, 0.5) is 27.4 Å². The molecule has 0 saturated carbocycles. The van der Waals surface area contributed by atoms with E-state index in [1.165, 1.54) is 12.1 Å². The quantitative estimate of drug-likeness (QED) is 0.753. The minimum Gasteiger partial charge on any atom is -0.368 e. The SMILES string of the molecule is N#Cc1ccc(Nc2cc(N3CCN(c4ccc(F)cc4)CC3)ncn2)cc1. The fraction of sp³-hybridized carbons (Fsp3) is 0.190. The van der Waals surface area contributed by atoms with E-state index in [1.54, 1.807) is 18.5 Å². The van der Waals surface area contributed by atoms with Gasteiger partial charge in [-0.3, -0.25) is 0 Å². The number of nitriles is 1. The molecule has 6 nitrogen and oxygen atoms in total. The first-order valence-corrected chi connectivity index (χ1v) is 9.06. The van der Waals surface area contributed by atoms with E-state index in [0.717, 1.165) is 43.4 Å². The van der Waals surface area contributed by atoms with E-state index in [9.17, 15) is 4.39 Å². The van der Waals surface area contributed by atoms with Crippen molar-refractivity contribution in [3.8, 4) is 6.07 Å². The van der Waals surface area contributed by atoms with Gasteiger partial charge in [0.05, 0.1) is 11.6 Å². The fourth-order valence-electron chi connectivity index (χ4n) is 3.21. The molecule has 4 rings (SSSR count). The molecule has 7 heteroatoms. The van der Waals surface area contributed by atoms with E-state index in [1.807, 2.05) is 30.3 Å². The lowest BCUT2D eigenvalue weighted by Crippen LogP contribution is -2.46. The van der Waals surface area contributed by atoms with Gasteiger partial charge in [-0.1, -0.05) is 0 Å². The van der Waals surface area contributed by atoms with Crippen LogP contribution in [0.3, 0.4) is 0 Å². The highest BCUT2D eigenvalue weighted by atomic mass is 19.1. The first kappa shape index (κ1) is 17.7. The van der Waals surface area contributed by atoms with Gasteiger partial charge in [0.25, 0.3) is 0 Å². The van der Waals surface area contributed by atoms with Crippen LogP contribution in [0.15, 0.2) is 60.9 Å². The van der Waals surface area contributed by atoms with Gasteiger partial charge in [0, 0.05) is 43.6 Å². The van der Waals surface area contributed by atoms with Crippen molar-refractivity contribution >= 4 is 23.0 Å². The Morgan fingerprint density at radius 2 is 1.57 bits per heavy atom. The number of hydrogen-bond donors (Lipinski definition) is 1. The number of rotatable bonds is 4. The molecule has 1 N–H and O–H groups in total. The van der Waals surface area contributed by atoms with Crippen molar-refractivity contribution in [1.82, 2.24) is 9.97 Å². The number of nitrogens with one attached hydrogen (secondary N) is 1. The molecule has 28 heavy (non-hydrogen) atoms. The Morgan fingerprint density at radius 1 is 0.893 bits per heavy atom. The number of piperazine rings is 1. The minimum atomic E-state index is -0.217. The Morgan fingerprint density at radius 3 is 2.25 bits per heavy atom. The Labute approximate surface area is 162 Å². The van der Waals surface area contributed by atoms with E-state index in [0.29, 0.717) is 11.4 Å². The maximum atomic E-state index is 13.1. The second kappa shape index (κ2) is 7.92. The van der Waals surface area contributed by atoms with Crippen molar-refractivity contribution in [2.45, 2.75) is 0 Å². The Hall–Kier alpha value is -3.66. The van der Waals surface area contributed by atoms with Gasteiger partial charge in [-0.15, -0.1) is 0 Å². The third-order valence-corrected chi connectivity index (χ3v) is 4.73. The predicted molar refractivity (Wildman–Crippen MR) is 107 cm³/mol. The van der Waals surface area contributed by atoms with E-state index in [4.69, 9.17) is 5.26 Å². The van der Waals surface area contributed by atoms with E-state index < -0.39 is 0 Å². The van der Waals surface area contributed by atoms with Crippen LogP contribution in [-0.4, -0.2) is 36.1 Å². The fourth-order valence-corrected chi connectivity index (χ4v) is 3.21. The molecule has 0 unspecified atom stereocenters. The normalized spacial score (nSPS) is 13.9. The summed E-state index contributed by atoms with van der Waals surface area (Å²) in [6, 6.07) is 17.9. The summed E-state index contributed by atoms with van der Waals surface area (Å²) in [5.74, 6) is 1.35. The summed E-state index contributed by atoms with van der Waals surface area (Å²) in [6.45, 7) is 3.33. The Balaban J connectivity index is 1.40. The summed E-state index contributed by atoms with van der Waals surface area (Å²) in [6.07, 6.45) is 1.55. The summed E-state index contributed by atoms with van der Waals surface area (Å²) < 4.78 is 13.1. The maximum absolute atomic E-state index is 13.1. The van der Waals surface area contributed by atoms with Crippen LogP contribution < -0.4 is 15.1 Å². The molecule has 140 valence electrons. The number of benzene rings is 2. The lowest BCUT2D eigenvalue weighted by molar-refractivity contribution is 0.624. The molecule has 1 aromatic heterocycles. The summed E-state index contributed by atoms with van der Waals surface area (Å²) in [5, 5.41) is 12.1. The Bertz CT molecular complexity index is 973. The number of anilines is 4. The summed E-state index contributed by atoms with van der Waals surface area (Å²) in [7, 11) is 0. The highest BCUT2D eigenvalue weighted by Crippen LogP contribution is 2.22. The highest BCUT2D eigenvalue weighted by molar-refractivity contribution is 5.60. The summed E-state index contributed by atoms with van der Waals surface area (Å²) in [4.78, 5) is 13.1. The molecule has 2 heterocycles. The van der Waals surface area contributed by atoms with E-state index in [-0.39, 0.29) is 5.82 Å². The number of halogens is 1. The first-order valence-electron chi connectivity index (χ1n) is 9.06. The molecule has 0 radical (unpaired) electrons. The standard InChI is InChI=1S/C21H19FN6/c22-17-3-7-19(8-4-17)27-9-11-28(12-10-27)21-13-20(24-15-25-21)26-18-5-1-16(14-23)2-6-18/h1-8,13,15H,9-12H2,(H,24,25,26). The zero-order chi connectivity index (χ0) is 19.3. The third kappa shape index (κ3) is 4.01. The van der Waals surface area contributed by atoms with Gasteiger partial charge in [-0.25, -0.2) is 14.4 Å². The molecule has 1 saturated heterocycles. The maximum Gasteiger partial charge on any atom is 0.135 e. The largest absolute Gasteiger partial charge is 0.368 e. The third-order valence-electron chi connectivity index (χ3n) is 4.73. The molecule has 0 aliphatic carbocycles. The average molecular weight is 374 g/mol. The second-order valence-electron chi connectivity index (χ2n) is 6.53. The monoisotopic (exact) mass is 374 g/mol. The van der Waals surface area contributed by atoms with Crippen LogP contribution in [0.1, 0.15) is 5.56 Å². The lowest BCUT2D eigenvalue weighted by atomic mass is 10.2. The van der Waals surface area contributed by atoms with Gasteiger partial charge in [0.1, 0.15) is 23.8 Å². The van der Waals surface area contributed by atoms with Crippen LogP contribution in [0, 0.1) is 17.1 Å². The molecule has 2 aromatic carbocycles. The van der Waals surface area contributed by atoms with Crippen molar-refractivity contribution in [3.05, 3.63) is 72.3 Å². The molecule has 0 atom stereocenters. The van der Waals surface area contributed by atoms with Crippen molar-refractivity contribution in [2.75, 3.05) is 41.3 Å². The molecular formula is C21H19FN6. The molecule has 1 aliphatic rings. The van der Waals surface area contributed by atoms with Crippen molar-refractivity contribution < 1.29 is 4.39 Å². The predicted octanol–water partition coefficient (Wildman–Crippen LogP) is 3.56. The van der Waals surface area contributed by atoms with Gasteiger partial charge < -0.3 is 15.1 Å². The number of nitrogens with zero attached hydrogens (tertiary/aromatic N) is 5. The number of hydrogen-bond acceptors (Lipinski definition) is 6. The zero-order valence-corrected chi connectivity index (χ0v) is 15.2. The van der Waals surface area contributed by atoms with Crippen LogP contribution >= 0.6 is 0 Å². The van der Waals surface area contributed by atoms with Gasteiger partial charge in [0.2, 0.25) is 0 Å². The zero-order valence-electron chi connectivity index (χ0n) is 15.2. The summed E-state index contributed by atoms with van der Waals surface area (Å²) >= 11 is 0. The smallest absolute Gasteiger partial charge is 0.135 e. The topological polar surface area (TPSA) is 68.1 Å². The van der Waals surface area contributed by atoms with Gasteiger partial charge in [-0.05, 0) is 48.5 Å². The van der Waals surface area contributed by atoms with Crippen molar-refractivity contribution in [1.29, 1.82) is 5.26 Å². The molecule has 0 amide bonds. The average Bonchev–Trinajstić information content (AvgIpc) is 2.75. The van der Waals surface area contributed by atoms with Crippen molar-refractivity contribution in [3.63, 3.8) is 0 Å². The van der Waals surface area contributed by atoms with Crippen molar-refractivity contribution in [2.24, 2.45) is 0 Å². The van der Waals surface area contributed by atoms with Gasteiger partial charge in [0.15, 0.2) is 0 Å². The van der Waals surface area contributed by atoms with E-state index in [2.05, 4.69) is 31.2 Å². The number of aromatic nitrogens is 2.